The Balaban J connectivity index is 2.87. The summed E-state index contributed by atoms with van der Waals surface area (Å²) in [6, 6.07) is 0. The average molecular weight is 317 g/mol. The van der Waals surface area contributed by atoms with Crippen LogP contribution in [0.1, 0.15) is 52.4 Å². The van der Waals surface area contributed by atoms with Crippen molar-refractivity contribution in [2.24, 2.45) is 5.41 Å². The molecular formula is C14H21ClN2O2S. The number of thiocarbonyl (C=S) groups is 1. The van der Waals surface area contributed by atoms with Crippen molar-refractivity contribution < 1.29 is 9.59 Å². The minimum Gasteiger partial charge on any atom is -0.302 e. The number of nitrogens with one attached hydrogen (secondary N) is 2. The molecule has 0 radical (unpaired) electrons. The molecule has 0 aromatic carbocycles. The van der Waals surface area contributed by atoms with Crippen molar-refractivity contribution in [3.8, 4) is 0 Å². The highest BCUT2D eigenvalue weighted by Crippen LogP contribution is 2.33. The van der Waals surface area contributed by atoms with E-state index in [2.05, 4.69) is 17.6 Å². The van der Waals surface area contributed by atoms with Crippen LogP contribution in [0.25, 0.3) is 0 Å². The first-order valence-corrected chi connectivity index (χ1v) is 7.70. The second kappa shape index (κ2) is 7.74. The van der Waals surface area contributed by atoms with Gasteiger partial charge in [0.15, 0.2) is 5.11 Å². The molecule has 0 bridgehead atoms. The summed E-state index contributed by atoms with van der Waals surface area (Å²) in [5.41, 5.74) is -1.09. The largest absolute Gasteiger partial charge is 0.302 e. The topological polar surface area (TPSA) is 58.2 Å². The van der Waals surface area contributed by atoms with Gasteiger partial charge >= 0.3 is 0 Å². The van der Waals surface area contributed by atoms with Gasteiger partial charge in [-0.15, -0.1) is 0 Å². The van der Waals surface area contributed by atoms with Crippen LogP contribution >= 0.6 is 23.8 Å². The third-order valence-electron chi connectivity index (χ3n) is 3.51. The van der Waals surface area contributed by atoms with Crippen molar-refractivity contribution in [3.63, 3.8) is 0 Å². The van der Waals surface area contributed by atoms with Crippen LogP contribution in [0.15, 0.2) is 11.1 Å². The lowest BCUT2D eigenvalue weighted by Gasteiger charge is -2.34. The Morgan fingerprint density at radius 3 is 2.35 bits per heavy atom. The molecule has 1 aliphatic rings. The highest BCUT2D eigenvalue weighted by atomic mass is 35.5. The SMILES string of the molecule is CCCCCCC1(CC=C(C)Cl)C(=O)NC(=S)NC1=O. The molecule has 1 heterocycles. The van der Waals surface area contributed by atoms with Crippen LogP contribution in [0.2, 0.25) is 0 Å². The highest BCUT2D eigenvalue weighted by Gasteiger charge is 2.47. The van der Waals surface area contributed by atoms with Gasteiger partial charge < -0.3 is 10.6 Å². The lowest BCUT2D eigenvalue weighted by atomic mass is 9.76. The lowest BCUT2D eigenvalue weighted by Crippen LogP contribution is -2.62. The van der Waals surface area contributed by atoms with Gasteiger partial charge in [-0.1, -0.05) is 50.3 Å². The molecular weight excluding hydrogens is 296 g/mol. The summed E-state index contributed by atoms with van der Waals surface area (Å²) in [5.74, 6) is -0.645. The number of unbranched alkanes of at least 4 members (excludes halogenated alkanes) is 3. The van der Waals surface area contributed by atoms with Gasteiger partial charge in [-0.3, -0.25) is 9.59 Å². The van der Waals surface area contributed by atoms with Gasteiger partial charge in [-0.05, 0) is 32.0 Å². The Morgan fingerprint density at radius 1 is 1.25 bits per heavy atom. The van der Waals surface area contributed by atoms with Crippen LogP contribution < -0.4 is 10.6 Å². The van der Waals surface area contributed by atoms with Crippen molar-refractivity contribution >= 4 is 40.7 Å². The predicted molar refractivity (Wildman–Crippen MR) is 84.3 cm³/mol. The summed E-state index contributed by atoms with van der Waals surface area (Å²) in [5, 5.41) is 5.76. The fourth-order valence-electron chi connectivity index (χ4n) is 2.26. The number of hydrogen-bond donors (Lipinski definition) is 2. The molecule has 2 N–H and O–H groups in total. The molecule has 0 saturated carbocycles. The molecule has 0 atom stereocenters. The van der Waals surface area contributed by atoms with Gasteiger partial charge in [0.1, 0.15) is 5.41 Å². The molecule has 0 aliphatic carbocycles. The Morgan fingerprint density at radius 2 is 1.85 bits per heavy atom. The van der Waals surface area contributed by atoms with Crippen LogP contribution in [0.5, 0.6) is 0 Å². The van der Waals surface area contributed by atoms with E-state index in [9.17, 15) is 9.59 Å². The van der Waals surface area contributed by atoms with Gasteiger partial charge in [0.25, 0.3) is 0 Å². The number of allylic oxidation sites excluding steroid dienone is 2. The third-order valence-corrected chi connectivity index (χ3v) is 3.87. The summed E-state index contributed by atoms with van der Waals surface area (Å²) in [6.45, 7) is 3.85. The zero-order valence-electron chi connectivity index (χ0n) is 11.9. The van der Waals surface area contributed by atoms with E-state index in [-0.39, 0.29) is 16.9 Å². The van der Waals surface area contributed by atoms with E-state index >= 15 is 0 Å². The van der Waals surface area contributed by atoms with Crippen LogP contribution in [0, 0.1) is 5.41 Å². The molecule has 0 unspecified atom stereocenters. The van der Waals surface area contributed by atoms with Crippen molar-refractivity contribution in [1.29, 1.82) is 0 Å². The van der Waals surface area contributed by atoms with Gasteiger partial charge in [-0.2, -0.15) is 0 Å². The van der Waals surface area contributed by atoms with E-state index in [0.717, 1.165) is 25.7 Å². The molecule has 0 aromatic rings. The standard InChI is InChI=1S/C14H21ClN2O2S/c1-3-4-5-6-8-14(9-7-10(2)15)11(18)16-13(20)17-12(14)19/h7H,3-6,8-9H2,1-2H3,(H2,16,17,18,19,20). The molecule has 1 saturated heterocycles. The zero-order chi connectivity index (χ0) is 15.2. The first-order chi connectivity index (χ1) is 9.42. The first kappa shape index (κ1) is 17.1. The zero-order valence-corrected chi connectivity index (χ0v) is 13.5. The normalized spacial score (nSPS) is 18.8. The maximum atomic E-state index is 12.3. The number of hydrogen-bond acceptors (Lipinski definition) is 3. The minimum absolute atomic E-state index is 0.0794. The quantitative estimate of drug-likeness (QED) is 0.431. The molecule has 6 heteroatoms. The van der Waals surface area contributed by atoms with Gasteiger partial charge in [-0.25, -0.2) is 0 Å². The van der Waals surface area contributed by atoms with E-state index in [4.69, 9.17) is 23.8 Å². The second-order valence-electron chi connectivity index (χ2n) is 5.13. The number of amides is 2. The van der Waals surface area contributed by atoms with E-state index in [1.807, 2.05) is 0 Å². The van der Waals surface area contributed by atoms with Crippen molar-refractivity contribution in [3.05, 3.63) is 11.1 Å². The molecule has 112 valence electrons. The van der Waals surface area contributed by atoms with Crippen LogP contribution in [-0.2, 0) is 9.59 Å². The van der Waals surface area contributed by atoms with E-state index in [0.29, 0.717) is 17.9 Å². The number of carbonyl (C=O) groups excluding carboxylic acids is 2. The van der Waals surface area contributed by atoms with Crippen molar-refractivity contribution in [2.75, 3.05) is 0 Å². The predicted octanol–water partition coefficient (Wildman–Crippen LogP) is 3.01. The maximum Gasteiger partial charge on any atom is 0.242 e. The fourth-order valence-corrected chi connectivity index (χ4v) is 2.53. The summed E-state index contributed by atoms with van der Waals surface area (Å²) < 4.78 is 0. The summed E-state index contributed by atoms with van der Waals surface area (Å²) in [6.07, 6.45) is 6.57. The molecule has 0 spiro atoms. The molecule has 1 fully saturated rings. The molecule has 1 aliphatic heterocycles. The number of carbonyl (C=O) groups is 2. The third kappa shape index (κ3) is 4.28. The summed E-state index contributed by atoms with van der Waals surface area (Å²) in [7, 11) is 0. The molecule has 20 heavy (non-hydrogen) atoms. The van der Waals surface area contributed by atoms with Crippen LogP contribution in [0.4, 0.5) is 0 Å². The Kier molecular flexibility index (Phi) is 6.62. The molecule has 0 aromatic heterocycles. The van der Waals surface area contributed by atoms with E-state index in [1.54, 1.807) is 13.0 Å². The molecule has 1 rings (SSSR count). The first-order valence-electron chi connectivity index (χ1n) is 6.91. The maximum absolute atomic E-state index is 12.3. The van der Waals surface area contributed by atoms with Crippen LogP contribution in [0.3, 0.4) is 0 Å². The van der Waals surface area contributed by atoms with Crippen LogP contribution in [-0.4, -0.2) is 16.9 Å². The highest BCUT2D eigenvalue weighted by molar-refractivity contribution is 7.80. The average Bonchev–Trinajstić information content (AvgIpc) is 2.36. The summed E-state index contributed by atoms with van der Waals surface area (Å²) in [4.78, 5) is 24.6. The minimum atomic E-state index is -1.09. The Bertz CT molecular complexity index is 411. The molecule has 4 nitrogen and oxygen atoms in total. The number of halogens is 1. The number of rotatable bonds is 7. The fraction of sp³-hybridized carbons (Fsp3) is 0.643. The van der Waals surface area contributed by atoms with Crippen molar-refractivity contribution in [2.45, 2.75) is 52.4 Å². The Hall–Kier alpha value is -0.940. The lowest BCUT2D eigenvalue weighted by molar-refractivity contribution is -0.144. The van der Waals surface area contributed by atoms with Gasteiger partial charge in [0, 0.05) is 5.03 Å². The monoisotopic (exact) mass is 316 g/mol. The smallest absolute Gasteiger partial charge is 0.242 e. The van der Waals surface area contributed by atoms with Gasteiger partial charge in [0.2, 0.25) is 11.8 Å². The van der Waals surface area contributed by atoms with E-state index < -0.39 is 5.41 Å². The molecule has 2 amide bonds. The second-order valence-corrected chi connectivity index (χ2v) is 6.13. The summed E-state index contributed by atoms with van der Waals surface area (Å²) >= 11 is 10.7. The Labute approximate surface area is 130 Å². The van der Waals surface area contributed by atoms with E-state index in [1.165, 1.54) is 0 Å². The van der Waals surface area contributed by atoms with Crippen molar-refractivity contribution in [1.82, 2.24) is 10.6 Å². The van der Waals surface area contributed by atoms with Gasteiger partial charge in [0.05, 0.1) is 0 Å².